The van der Waals surface area contributed by atoms with Gasteiger partial charge >= 0.3 is 0 Å². The van der Waals surface area contributed by atoms with Crippen LogP contribution in [0.3, 0.4) is 0 Å². The minimum absolute atomic E-state index is 0.0644. The monoisotopic (exact) mass is 293 g/mol. The molecule has 0 unspecified atom stereocenters. The third-order valence-electron chi connectivity index (χ3n) is 3.76. The Morgan fingerprint density at radius 3 is 2.45 bits per heavy atom. The Balaban J connectivity index is 1.89. The summed E-state index contributed by atoms with van der Waals surface area (Å²) < 4.78 is 13.7. The molecule has 2 nitrogen and oxygen atoms in total. The van der Waals surface area contributed by atoms with E-state index in [1.807, 2.05) is 49.4 Å². The SMILES string of the molecule is C[C@H](NC(=O)c1ccccc1F)c1cccc2ccccc12. The Hall–Kier alpha value is -2.68. The van der Waals surface area contributed by atoms with Crippen LogP contribution in [0.1, 0.15) is 28.9 Å². The van der Waals surface area contributed by atoms with Crippen molar-refractivity contribution in [3.63, 3.8) is 0 Å². The van der Waals surface area contributed by atoms with Gasteiger partial charge in [-0.15, -0.1) is 0 Å². The highest BCUT2D eigenvalue weighted by Gasteiger charge is 2.15. The van der Waals surface area contributed by atoms with Crippen LogP contribution < -0.4 is 5.32 Å². The molecule has 0 aliphatic rings. The van der Waals surface area contributed by atoms with Crippen LogP contribution in [-0.2, 0) is 0 Å². The van der Waals surface area contributed by atoms with Crippen molar-refractivity contribution >= 4 is 16.7 Å². The van der Waals surface area contributed by atoms with E-state index in [0.29, 0.717) is 0 Å². The minimum atomic E-state index is -0.509. The first kappa shape index (κ1) is 14.3. The Morgan fingerprint density at radius 2 is 1.64 bits per heavy atom. The molecule has 1 N–H and O–H groups in total. The summed E-state index contributed by atoms with van der Waals surface area (Å²) in [5, 5.41) is 5.07. The van der Waals surface area contributed by atoms with Crippen molar-refractivity contribution in [2.45, 2.75) is 13.0 Å². The van der Waals surface area contributed by atoms with Gasteiger partial charge in [-0.25, -0.2) is 4.39 Å². The number of carbonyl (C=O) groups excluding carboxylic acids is 1. The van der Waals surface area contributed by atoms with Crippen LogP contribution in [0.25, 0.3) is 10.8 Å². The maximum atomic E-state index is 13.7. The second-order valence-corrected chi connectivity index (χ2v) is 5.24. The van der Waals surface area contributed by atoms with E-state index in [1.165, 1.54) is 12.1 Å². The fraction of sp³-hybridized carbons (Fsp3) is 0.105. The average molecular weight is 293 g/mol. The lowest BCUT2D eigenvalue weighted by atomic mass is 9.99. The molecule has 1 atom stereocenters. The number of carbonyl (C=O) groups is 1. The lowest BCUT2D eigenvalue weighted by molar-refractivity contribution is 0.0936. The van der Waals surface area contributed by atoms with E-state index in [0.717, 1.165) is 16.3 Å². The third kappa shape index (κ3) is 2.70. The second kappa shape index (κ2) is 5.98. The summed E-state index contributed by atoms with van der Waals surface area (Å²) in [5.74, 6) is -0.913. The first-order chi connectivity index (χ1) is 10.7. The highest BCUT2D eigenvalue weighted by molar-refractivity contribution is 5.95. The van der Waals surface area contributed by atoms with Gasteiger partial charge in [0.1, 0.15) is 5.82 Å². The van der Waals surface area contributed by atoms with Crippen LogP contribution in [0.15, 0.2) is 66.7 Å². The molecule has 3 heteroatoms. The topological polar surface area (TPSA) is 29.1 Å². The predicted octanol–water partition coefficient (Wildman–Crippen LogP) is 4.47. The molecule has 110 valence electrons. The van der Waals surface area contributed by atoms with E-state index in [9.17, 15) is 9.18 Å². The summed E-state index contributed by atoms with van der Waals surface area (Å²) in [6.45, 7) is 1.90. The molecule has 0 saturated heterocycles. The molecular formula is C19H16FNO. The smallest absolute Gasteiger partial charge is 0.254 e. The summed E-state index contributed by atoms with van der Waals surface area (Å²) in [7, 11) is 0. The third-order valence-corrected chi connectivity index (χ3v) is 3.76. The number of halogens is 1. The van der Waals surface area contributed by atoms with Gasteiger partial charge in [0.25, 0.3) is 5.91 Å². The largest absolute Gasteiger partial charge is 0.345 e. The van der Waals surface area contributed by atoms with Gasteiger partial charge < -0.3 is 5.32 Å². The number of nitrogens with one attached hydrogen (secondary N) is 1. The molecule has 1 amide bonds. The van der Waals surface area contributed by atoms with E-state index in [1.54, 1.807) is 12.1 Å². The molecule has 3 aromatic rings. The van der Waals surface area contributed by atoms with E-state index >= 15 is 0 Å². The van der Waals surface area contributed by atoms with Gasteiger partial charge in [0.2, 0.25) is 0 Å². The lowest BCUT2D eigenvalue weighted by Crippen LogP contribution is -2.27. The van der Waals surface area contributed by atoms with Crippen LogP contribution in [-0.4, -0.2) is 5.91 Å². The summed E-state index contributed by atoms with van der Waals surface area (Å²) in [6, 6.07) is 19.8. The molecule has 3 aromatic carbocycles. The Bertz CT molecular complexity index is 823. The number of fused-ring (bicyclic) bond motifs is 1. The zero-order chi connectivity index (χ0) is 15.5. The first-order valence-corrected chi connectivity index (χ1v) is 7.20. The summed E-state index contributed by atoms with van der Waals surface area (Å²) in [6.07, 6.45) is 0. The molecule has 0 saturated carbocycles. The van der Waals surface area contributed by atoms with Crippen LogP contribution in [0.2, 0.25) is 0 Å². The van der Waals surface area contributed by atoms with Crippen molar-refractivity contribution in [2.24, 2.45) is 0 Å². The van der Waals surface area contributed by atoms with Gasteiger partial charge in [0.15, 0.2) is 0 Å². The zero-order valence-corrected chi connectivity index (χ0v) is 12.2. The first-order valence-electron chi connectivity index (χ1n) is 7.20. The van der Waals surface area contributed by atoms with Gasteiger partial charge in [-0.05, 0) is 35.4 Å². The fourth-order valence-corrected chi connectivity index (χ4v) is 2.63. The molecule has 0 heterocycles. The van der Waals surface area contributed by atoms with E-state index in [-0.39, 0.29) is 11.6 Å². The van der Waals surface area contributed by atoms with Gasteiger partial charge in [0.05, 0.1) is 11.6 Å². The summed E-state index contributed by atoms with van der Waals surface area (Å²) in [4.78, 5) is 12.2. The minimum Gasteiger partial charge on any atom is -0.345 e. The number of hydrogen-bond acceptors (Lipinski definition) is 1. The standard InChI is InChI=1S/C19H16FNO/c1-13(21-19(22)17-10-4-5-12-18(17)20)15-11-6-8-14-7-2-3-9-16(14)15/h2-13H,1H3,(H,21,22)/t13-/m0/s1. The highest BCUT2D eigenvalue weighted by atomic mass is 19.1. The van der Waals surface area contributed by atoms with Gasteiger partial charge in [-0.1, -0.05) is 54.6 Å². The molecule has 3 rings (SSSR count). The van der Waals surface area contributed by atoms with E-state index in [2.05, 4.69) is 5.32 Å². The fourth-order valence-electron chi connectivity index (χ4n) is 2.63. The van der Waals surface area contributed by atoms with Gasteiger partial charge in [-0.3, -0.25) is 4.79 Å². The Labute approximate surface area is 128 Å². The molecule has 0 bridgehead atoms. The average Bonchev–Trinajstić information content (AvgIpc) is 2.54. The van der Waals surface area contributed by atoms with E-state index < -0.39 is 11.7 Å². The van der Waals surface area contributed by atoms with Crippen molar-refractivity contribution in [3.05, 3.63) is 83.7 Å². The van der Waals surface area contributed by atoms with Crippen molar-refractivity contribution in [3.8, 4) is 0 Å². The molecule has 0 radical (unpaired) electrons. The molecule has 0 aliphatic heterocycles. The van der Waals surface area contributed by atoms with E-state index in [4.69, 9.17) is 0 Å². The number of rotatable bonds is 3. The molecule has 0 spiro atoms. The molecule has 0 fully saturated rings. The quantitative estimate of drug-likeness (QED) is 0.758. The number of hydrogen-bond donors (Lipinski definition) is 1. The second-order valence-electron chi connectivity index (χ2n) is 5.24. The van der Waals surface area contributed by atoms with Crippen LogP contribution >= 0.6 is 0 Å². The van der Waals surface area contributed by atoms with Crippen molar-refractivity contribution in [2.75, 3.05) is 0 Å². The lowest BCUT2D eigenvalue weighted by Gasteiger charge is -2.17. The van der Waals surface area contributed by atoms with Crippen molar-refractivity contribution in [1.82, 2.24) is 5.32 Å². The molecule has 0 aromatic heterocycles. The van der Waals surface area contributed by atoms with Crippen LogP contribution in [0.5, 0.6) is 0 Å². The zero-order valence-electron chi connectivity index (χ0n) is 12.2. The molecule has 0 aliphatic carbocycles. The Morgan fingerprint density at radius 1 is 0.955 bits per heavy atom. The van der Waals surface area contributed by atoms with Crippen LogP contribution in [0.4, 0.5) is 4.39 Å². The molecule has 22 heavy (non-hydrogen) atoms. The maximum Gasteiger partial charge on any atom is 0.254 e. The highest BCUT2D eigenvalue weighted by Crippen LogP contribution is 2.24. The molecular weight excluding hydrogens is 277 g/mol. The van der Waals surface area contributed by atoms with Gasteiger partial charge in [0, 0.05) is 0 Å². The van der Waals surface area contributed by atoms with Crippen LogP contribution in [0, 0.1) is 5.82 Å². The number of benzene rings is 3. The maximum absolute atomic E-state index is 13.7. The van der Waals surface area contributed by atoms with Crippen molar-refractivity contribution < 1.29 is 9.18 Å². The van der Waals surface area contributed by atoms with Gasteiger partial charge in [-0.2, -0.15) is 0 Å². The normalized spacial score (nSPS) is 12.1. The Kier molecular flexibility index (Phi) is 3.88. The predicted molar refractivity (Wildman–Crippen MR) is 86.2 cm³/mol. The summed E-state index contributed by atoms with van der Waals surface area (Å²) in [5.41, 5.74) is 1.08. The number of amides is 1. The summed E-state index contributed by atoms with van der Waals surface area (Å²) >= 11 is 0. The van der Waals surface area contributed by atoms with Crippen molar-refractivity contribution in [1.29, 1.82) is 0 Å².